The molecule has 2 atom stereocenters. The van der Waals surface area contributed by atoms with Crippen molar-refractivity contribution in [3.05, 3.63) is 35.4 Å². The van der Waals surface area contributed by atoms with E-state index < -0.39 is 0 Å². The second-order valence-electron chi connectivity index (χ2n) is 4.90. The summed E-state index contributed by atoms with van der Waals surface area (Å²) < 4.78 is 5.75. The third-order valence-electron chi connectivity index (χ3n) is 3.10. The molecule has 0 aliphatic carbocycles. The van der Waals surface area contributed by atoms with Gasteiger partial charge in [0.25, 0.3) is 0 Å². The zero-order chi connectivity index (χ0) is 12.3. The number of ether oxygens (including phenoxy) is 1. The van der Waals surface area contributed by atoms with Crippen molar-refractivity contribution in [2.24, 2.45) is 0 Å². The van der Waals surface area contributed by atoms with Crippen molar-refractivity contribution >= 4 is 11.6 Å². The molecule has 1 aromatic rings. The van der Waals surface area contributed by atoms with Crippen LogP contribution in [0.3, 0.4) is 0 Å². The molecule has 1 heterocycles. The van der Waals surface area contributed by atoms with Crippen LogP contribution in [0.25, 0.3) is 0 Å². The lowest BCUT2D eigenvalue weighted by molar-refractivity contribution is -0.0688. The molecule has 0 aromatic heterocycles. The van der Waals surface area contributed by atoms with Gasteiger partial charge in [0.2, 0.25) is 0 Å². The minimum absolute atomic E-state index is 0.172. The normalized spacial score (nSPS) is 26.1. The van der Waals surface area contributed by atoms with Gasteiger partial charge in [0, 0.05) is 25.5 Å². The number of nitrogens with zero attached hydrogens (tertiary/aromatic N) is 1. The average molecular weight is 254 g/mol. The molecule has 1 aromatic carbocycles. The largest absolute Gasteiger partial charge is 0.371 e. The number of morpholine rings is 1. The maximum Gasteiger partial charge on any atom is 0.0841 e. The molecular formula is C14H20ClNO. The second kappa shape index (κ2) is 5.85. The van der Waals surface area contributed by atoms with E-state index in [9.17, 15) is 0 Å². The lowest BCUT2D eigenvalue weighted by Crippen LogP contribution is -2.46. The highest BCUT2D eigenvalue weighted by atomic mass is 35.5. The van der Waals surface area contributed by atoms with Gasteiger partial charge in [0.1, 0.15) is 0 Å². The van der Waals surface area contributed by atoms with Crippen molar-refractivity contribution in [2.45, 2.75) is 32.6 Å². The number of benzene rings is 1. The molecule has 0 amide bonds. The van der Waals surface area contributed by atoms with Crippen LogP contribution in [0, 0.1) is 6.92 Å². The number of halogens is 1. The molecule has 3 heteroatoms. The van der Waals surface area contributed by atoms with E-state index in [1.807, 2.05) is 0 Å². The van der Waals surface area contributed by atoms with Crippen LogP contribution in [0.4, 0.5) is 0 Å². The molecule has 94 valence electrons. The van der Waals surface area contributed by atoms with Gasteiger partial charge in [-0.2, -0.15) is 0 Å². The van der Waals surface area contributed by atoms with E-state index in [0.717, 1.165) is 19.6 Å². The number of aryl methyl sites for hydroxylation is 1. The number of rotatable bonds is 3. The highest BCUT2D eigenvalue weighted by Crippen LogP contribution is 2.15. The van der Waals surface area contributed by atoms with E-state index in [4.69, 9.17) is 16.3 Å². The van der Waals surface area contributed by atoms with Crippen LogP contribution < -0.4 is 0 Å². The van der Waals surface area contributed by atoms with E-state index in [1.165, 1.54) is 11.1 Å². The first-order valence-electron chi connectivity index (χ1n) is 6.16. The Labute approximate surface area is 109 Å². The second-order valence-corrected chi connectivity index (χ2v) is 5.21. The molecule has 0 spiro atoms. The Kier molecular flexibility index (Phi) is 4.43. The van der Waals surface area contributed by atoms with E-state index >= 15 is 0 Å². The summed E-state index contributed by atoms with van der Waals surface area (Å²) in [6, 6.07) is 8.73. The highest BCUT2D eigenvalue weighted by molar-refractivity contribution is 6.18. The van der Waals surface area contributed by atoms with Crippen molar-refractivity contribution in [2.75, 3.05) is 19.0 Å². The Morgan fingerprint density at radius 2 is 2.00 bits per heavy atom. The Hall–Kier alpha value is -0.570. The third-order valence-corrected chi connectivity index (χ3v) is 3.44. The Balaban J connectivity index is 1.95. The van der Waals surface area contributed by atoms with Crippen LogP contribution in [-0.4, -0.2) is 36.1 Å². The lowest BCUT2D eigenvalue weighted by Gasteiger charge is -2.36. The van der Waals surface area contributed by atoms with Crippen LogP contribution in [0.5, 0.6) is 0 Å². The first kappa shape index (κ1) is 12.9. The summed E-state index contributed by atoms with van der Waals surface area (Å²) in [7, 11) is 0. The summed E-state index contributed by atoms with van der Waals surface area (Å²) in [6.45, 7) is 7.13. The van der Waals surface area contributed by atoms with Gasteiger partial charge in [-0.3, -0.25) is 4.90 Å². The van der Waals surface area contributed by atoms with E-state index in [-0.39, 0.29) is 12.2 Å². The van der Waals surface area contributed by atoms with Gasteiger partial charge in [-0.05, 0) is 19.4 Å². The van der Waals surface area contributed by atoms with E-state index in [1.54, 1.807) is 0 Å². The molecule has 2 unspecified atom stereocenters. The zero-order valence-corrected chi connectivity index (χ0v) is 11.3. The van der Waals surface area contributed by atoms with Gasteiger partial charge in [-0.25, -0.2) is 0 Å². The summed E-state index contributed by atoms with van der Waals surface area (Å²) in [6.07, 6.45) is 0.448. The predicted octanol–water partition coefficient (Wildman–Crippen LogP) is 2.82. The minimum Gasteiger partial charge on any atom is -0.371 e. The molecule has 1 aliphatic heterocycles. The molecule has 2 nitrogen and oxygen atoms in total. The number of hydrogen-bond donors (Lipinski definition) is 0. The summed E-state index contributed by atoms with van der Waals surface area (Å²) in [4.78, 5) is 2.42. The first-order valence-corrected chi connectivity index (χ1v) is 6.70. The molecule has 0 saturated carbocycles. The molecule has 1 aliphatic rings. The van der Waals surface area contributed by atoms with Crippen molar-refractivity contribution in [3.63, 3.8) is 0 Å². The molecule has 0 radical (unpaired) electrons. The van der Waals surface area contributed by atoms with Gasteiger partial charge in [0.05, 0.1) is 12.2 Å². The van der Waals surface area contributed by atoms with E-state index in [2.05, 4.69) is 43.0 Å². The number of hydrogen-bond acceptors (Lipinski definition) is 2. The van der Waals surface area contributed by atoms with Crippen LogP contribution in [0.15, 0.2) is 24.3 Å². The Morgan fingerprint density at radius 3 is 2.65 bits per heavy atom. The Bertz CT molecular complexity index is 352. The maximum atomic E-state index is 5.88. The zero-order valence-electron chi connectivity index (χ0n) is 10.5. The Morgan fingerprint density at radius 1 is 1.29 bits per heavy atom. The van der Waals surface area contributed by atoms with Gasteiger partial charge in [0.15, 0.2) is 0 Å². The molecule has 17 heavy (non-hydrogen) atoms. The highest BCUT2D eigenvalue weighted by Gasteiger charge is 2.24. The fraction of sp³-hybridized carbons (Fsp3) is 0.571. The summed E-state index contributed by atoms with van der Waals surface area (Å²) in [5.74, 6) is 0.578. The molecule has 2 rings (SSSR count). The molecule has 0 bridgehead atoms. The summed E-state index contributed by atoms with van der Waals surface area (Å²) >= 11 is 5.88. The monoisotopic (exact) mass is 253 g/mol. The van der Waals surface area contributed by atoms with Crippen molar-refractivity contribution < 1.29 is 4.74 Å². The predicted molar refractivity (Wildman–Crippen MR) is 71.5 cm³/mol. The lowest BCUT2D eigenvalue weighted by atomic mass is 10.1. The van der Waals surface area contributed by atoms with Crippen molar-refractivity contribution in [1.29, 1.82) is 0 Å². The van der Waals surface area contributed by atoms with Gasteiger partial charge in [-0.1, -0.05) is 29.8 Å². The van der Waals surface area contributed by atoms with Gasteiger partial charge < -0.3 is 4.74 Å². The SMILES string of the molecule is Cc1ccc(CN2CC(C)OC(CCl)C2)cc1. The molecule has 1 fully saturated rings. The van der Waals surface area contributed by atoms with Gasteiger partial charge >= 0.3 is 0 Å². The molecular weight excluding hydrogens is 234 g/mol. The van der Waals surface area contributed by atoms with E-state index in [0.29, 0.717) is 5.88 Å². The molecule has 0 N–H and O–H groups in total. The fourth-order valence-electron chi connectivity index (χ4n) is 2.31. The smallest absolute Gasteiger partial charge is 0.0841 e. The number of alkyl halides is 1. The summed E-state index contributed by atoms with van der Waals surface area (Å²) in [5.41, 5.74) is 2.67. The van der Waals surface area contributed by atoms with Crippen molar-refractivity contribution in [1.82, 2.24) is 4.90 Å². The standard InChI is InChI=1S/C14H20ClNO/c1-11-3-5-13(6-4-11)9-16-8-12(2)17-14(7-15)10-16/h3-6,12,14H,7-10H2,1-2H3. The quantitative estimate of drug-likeness (QED) is 0.768. The van der Waals surface area contributed by atoms with Crippen LogP contribution in [-0.2, 0) is 11.3 Å². The van der Waals surface area contributed by atoms with Crippen LogP contribution >= 0.6 is 11.6 Å². The minimum atomic E-state index is 0.172. The first-order chi connectivity index (χ1) is 8.17. The summed E-state index contributed by atoms with van der Waals surface area (Å²) in [5, 5.41) is 0. The topological polar surface area (TPSA) is 12.5 Å². The van der Waals surface area contributed by atoms with Crippen LogP contribution in [0.1, 0.15) is 18.1 Å². The van der Waals surface area contributed by atoms with Gasteiger partial charge in [-0.15, -0.1) is 11.6 Å². The maximum absolute atomic E-state index is 5.88. The van der Waals surface area contributed by atoms with Crippen molar-refractivity contribution in [3.8, 4) is 0 Å². The average Bonchev–Trinajstić information content (AvgIpc) is 2.31. The van der Waals surface area contributed by atoms with Crippen LogP contribution in [0.2, 0.25) is 0 Å². The molecule has 1 saturated heterocycles. The third kappa shape index (κ3) is 3.70. The fourth-order valence-corrected chi connectivity index (χ4v) is 2.48.